The van der Waals surface area contributed by atoms with Crippen LogP contribution in [-0.2, 0) is 16.0 Å². The zero-order valence-electron chi connectivity index (χ0n) is 17.3. The summed E-state index contributed by atoms with van der Waals surface area (Å²) in [6.45, 7) is 0.663. The second-order valence-electron chi connectivity index (χ2n) is 7.36. The molecule has 0 radical (unpaired) electrons. The lowest BCUT2D eigenvalue weighted by Crippen LogP contribution is -2.35. The van der Waals surface area contributed by atoms with Crippen LogP contribution in [0.15, 0.2) is 78.9 Å². The Morgan fingerprint density at radius 3 is 2.35 bits per heavy atom. The number of benzene rings is 3. The molecule has 1 heterocycles. The zero-order chi connectivity index (χ0) is 21.6. The number of rotatable bonds is 7. The van der Waals surface area contributed by atoms with Crippen molar-refractivity contribution in [2.24, 2.45) is 0 Å². The molecule has 0 aliphatic carbocycles. The molecule has 158 valence electrons. The third-order valence-corrected chi connectivity index (χ3v) is 5.21. The minimum atomic E-state index is -0.416. The van der Waals surface area contributed by atoms with Gasteiger partial charge in [-0.05, 0) is 41.0 Å². The maximum absolute atomic E-state index is 12.3. The van der Waals surface area contributed by atoms with Crippen LogP contribution in [0.5, 0.6) is 5.75 Å². The first-order valence-electron chi connectivity index (χ1n) is 10.2. The van der Waals surface area contributed by atoms with Gasteiger partial charge < -0.3 is 14.8 Å². The number of anilines is 1. The fraction of sp³-hybridized carbons (Fsp3) is 0.200. The number of nitrogens with zero attached hydrogens (tertiary/aromatic N) is 1. The summed E-state index contributed by atoms with van der Waals surface area (Å²) in [4.78, 5) is 26.1. The molecule has 0 saturated carbocycles. The topological polar surface area (TPSA) is 67.9 Å². The van der Waals surface area contributed by atoms with Crippen molar-refractivity contribution in [3.63, 3.8) is 0 Å². The van der Waals surface area contributed by atoms with Crippen molar-refractivity contribution in [2.75, 3.05) is 25.1 Å². The Kier molecular flexibility index (Phi) is 6.17. The Balaban J connectivity index is 1.27. The van der Waals surface area contributed by atoms with Crippen LogP contribution in [-0.4, -0.2) is 38.3 Å². The molecule has 1 aliphatic rings. The van der Waals surface area contributed by atoms with Gasteiger partial charge in [-0.2, -0.15) is 0 Å². The third-order valence-electron chi connectivity index (χ3n) is 5.21. The minimum Gasteiger partial charge on any atom is -0.497 e. The summed E-state index contributed by atoms with van der Waals surface area (Å²) in [6, 6.07) is 25.3. The molecule has 0 aromatic heterocycles. The average molecular weight is 416 g/mol. The van der Waals surface area contributed by atoms with Gasteiger partial charge in [-0.1, -0.05) is 54.6 Å². The predicted molar refractivity (Wildman–Crippen MR) is 119 cm³/mol. The van der Waals surface area contributed by atoms with E-state index in [0.717, 1.165) is 28.1 Å². The van der Waals surface area contributed by atoms with Crippen LogP contribution in [0, 0.1) is 0 Å². The number of amides is 2. The lowest BCUT2D eigenvalue weighted by molar-refractivity contribution is -0.120. The summed E-state index contributed by atoms with van der Waals surface area (Å²) in [5.74, 6) is 0.614. The molecule has 4 rings (SSSR count). The zero-order valence-corrected chi connectivity index (χ0v) is 17.3. The van der Waals surface area contributed by atoms with Crippen LogP contribution in [0.3, 0.4) is 0 Å². The fourth-order valence-corrected chi connectivity index (χ4v) is 3.52. The van der Waals surface area contributed by atoms with Crippen LogP contribution in [0.4, 0.5) is 10.5 Å². The Morgan fingerprint density at radius 2 is 1.68 bits per heavy atom. The van der Waals surface area contributed by atoms with E-state index in [-0.39, 0.29) is 25.0 Å². The van der Waals surface area contributed by atoms with Gasteiger partial charge in [0.05, 0.1) is 26.6 Å². The van der Waals surface area contributed by atoms with Crippen LogP contribution < -0.4 is 15.0 Å². The van der Waals surface area contributed by atoms with Gasteiger partial charge in [0.1, 0.15) is 11.9 Å². The first kappa shape index (κ1) is 20.5. The van der Waals surface area contributed by atoms with Crippen LogP contribution in [0.25, 0.3) is 11.1 Å². The number of ether oxygens (including phenoxy) is 2. The number of nitrogens with one attached hydrogen (secondary N) is 1. The molecule has 1 aliphatic heterocycles. The molecule has 3 aromatic rings. The second-order valence-corrected chi connectivity index (χ2v) is 7.36. The molecular weight excluding hydrogens is 392 g/mol. The Labute approximate surface area is 181 Å². The molecule has 6 heteroatoms. The van der Waals surface area contributed by atoms with Gasteiger partial charge in [0.2, 0.25) is 5.91 Å². The Bertz CT molecular complexity index is 1030. The molecule has 3 aromatic carbocycles. The average Bonchev–Trinajstić information content (AvgIpc) is 3.19. The van der Waals surface area contributed by atoms with E-state index in [1.54, 1.807) is 36.3 Å². The van der Waals surface area contributed by atoms with E-state index in [4.69, 9.17) is 9.47 Å². The van der Waals surface area contributed by atoms with Crippen molar-refractivity contribution < 1.29 is 19.1 Å². The third kappa shape index (κ3) is 5.04. The minimum absolute atomic E-state index is 0.105. The van der Waals surface area contributed by atoms with Crippen LogP contribution in [0.1, 0.15) is 5.56 Å². The highest BCUT2D eigenvalue weighted by atomic mass is 16.6. The number of cyclic esters (lactones) is 1. The maximum Gasteiger partial charge on any atom is 0.414 e. The number of carbonyl (C=O) groups excluding carboxylic acids is 2. The van der Waals surface area contributed by atoms with E-state index in [9.17, 15) is 9.59 Å². The van der Waals surface area contributed by atoms with Gasteiger partial charge in [-0.25, -0.2) is 4.79 Å². The largest absolute Gasteiger partial charge is 0.497 e. The van der Waals surface area contributed by atoms with E-state index in [0.29, 0.717) is 6.54 Å². The second kappa shape index (κ2) is 9.34. The molecule has 0 bridgehead atoms. The number of hydrogen-bond acceptors (Lipinski definition) is 4. The summed E-state index contributed by atoms with van der Waals surface area (Å²) in [6.07, 6.45) is -0.530. The lowest BCUT2D eigenvalue weighted by atomic mass is 10.0. The monoisotopic (exact) mass is 416 g/mol. The van der Waals surface area contributed by atoms with E-state index >= 15 is 0 Å². The van der Waals surface area contributed by atoms with Crippen LogP contribution in [0.2, 0.25) is 0 Å². The van der Waals surface area contributed by atoms with Crippen LogP contribution >= 0.6 is 0 Å². The molecule has 1 N–H and O–H groups in total. The van der Waals surface area contributed by atoms with Crippen molar-refractivity contribution in [3.8, 4) is 16.9 Å². The molecule has 0 unspecified atom stereocenters. The number of carbonyl (C=O) groups is 2. The summed E-state index contributed by atoms with van der Waals surface area (Å²) >= 11 is 0. The van der Waals surface area contributed by atoms with Gasteiger partial charge in [0.25, 0.3) is 0 Å². The molecule has 31 heavy (non-hydrogen) atoms. The van der Waals surface area contributed by atoms with E-state index in [1.165, 1.54) is 0 Å². The molecule has 1 fully saturated rings. The highest BCUT2D eigenvalue weighted by molar-refractivity contribution is 5.90. The van der Waals surface area contributed by atoms with Gasteiger partial charge in [0, 0.05) is 5.69 Å². The highest BCUT2D eigenvalue weighted by Gasteiger charge is 2.32. The summed E-state index contributed by atoms with van der Waals surface area (Å²) in [7, 11) is 1.59. The molecule has 1 saturated heterocycles. The van der Waals surface area contributed by atoms with Crippen molar-refractivity contribution in [1.82, 2.24) is 5.32 Å². The quantitative estimate of drug-likeness (QED) is 0.631. The highest BCUT2D eigenvalue weighted by Crippen LogP contribution is 2.24. The fourth-order valence-electron chi connectivity index (χ4n) is 3.52. The number of hydrogen-bond donors (Lipinski definition) is 1. The summed E-state index contributed by atoms with van der Waals surface area (Å²) < 4.78 is 10.5. The first-order chi connectivity index (χ1) is 15.1. The molecule has 1 atom stereocenters. The molecule has 0 spiro atoms. The van der Waals surface area contributed by atoms with Crippen molar-refractivity contribution in [1.29, 1.82) is 0 Å². The Hall–Kier alpha value is -3.80. The van der Waals surface area contributed by atoms with Gasteiger partial charge in [-0.15, -0.1) is 0 Å². The predicted octanol–water partition coefficient (Wildman–Crippen LogP) is 4.05. The molecule has 6 nitrogen and oxygen atoms in total. The van der Waals surface area contributed by atoms with E-state index in [1.807, 2.05) is 42.5 Å². The van der Waals surface area contributed by atoms with Gasteiger partial charge in [-0.3, -0.25) is 9.69 Å². The van der Waals surface area contributed by atoms with E-state index in [2.05, 4.69) is 17.4 Å². The smallest absolute Gasteiger partial charge is 0.414 e. The summed E-state index contributed by atoms with van der Waals surface area (Å²) in [5.41, 5.74) is 3.92. The first-order valence-corrected chi connectivity index (χ1v) is 10.2. The van der Waals surface area contributed by atoms with Gasteiger partial charge in [0.15, 0.2) is 0 Å². The maximum atomic E-state index is 12.3. The van der Waals surface area contributed by atoms with E-state index < -0.39 is 6.09 Å². The van der Waals surface area contributed by atoms with Crippen molar-refractivity contribution >= 4 is 17.7 Å². The van der Waals surface area contributed by atoms with Gasteiger partial charge >= 0.3 is 6.09 Å². The normalized spacial score (nSPS) is 15.5. The lowest BCUT2D eigenvalue weighted by Gasteiger charge is -2.13. The molecule has 2 amide bonds. The number of methoxy groups -OCH3 is 1. The van der Waals surface area contributed by atoms with Crippen molar-refractivity contribution in [3.05, 3.63) is 84.4 Å². The SMILES string of the molecule is COc1ccc(N2C[C@@H](CNC(=O)Cc3ccc(-c4ccccc4)cc3)OC2=O)cc1. The Morgan fingerprint density at radius 1 is 1.00 bits per heavy atom. The summed E-state index contributed by atoms with van der Waals surface area (Å²) in [5, 5.41) is 2.87. The molecular formula is C25H24N2O4. The standard InChI is InChI=1S/C25H24N2O4/c1-30-22-13-11-21(12-14-22)27-17-23(31-25(27)29)16-26-24(28)15-18-7-9-20(10-8-18)19-5-3-2-4-6-19/h2-14,23H,15-17H2,1H3,(H,26,28)/t23-/m1/s1. The van der Waals surface area contributed by atoms with Crippen molar-refractivity contribution in [2.45, 2.75) is 12.5 Å².